The predicted octanol–water partition coefficient (Wildman–Crippen LogP) is 1.66. The molecule has 0 atom stereocenters. The molecule has 0 saturated carbocycles. The molecule has 0 aromatic heterocycles. The first-order valence-corrected chi connectivity index (χ1v) is 6.69. The summed E-state index contributed by atoms with van der Waals surface area (Å²) in [4.78, 5) is 16.3. The Morgan fingerprint density at radius 1 is 1.40 bits per heavy atom. The first-order valence-electron chi connectivity index (χ1n) is 6.69. The van der Waals surface area contributed by atoms with Gasteiger partial charge in [-0.1, -0.05) is 19.1 Å². The quantitative estimate of drug-likeness (QED) is 0.748. The summed E-state index contributed by atoms with van der Waals surface area (Å²) >= 11 is 0. The van der Waals surface area contributed by atoms with E-state index < -0.39 is 0 Å². The maximum Gasteiger partial charge on any atom is 0.253 e. The molecule has 0 spiro atoms. The van der Waals surface area contributed by atoms with Crippen LogP contribution in [0.25, 0.3) is 0 Å². The van der Waals surface area contributed by atoms with Crippen LogP contribution < -0.4 is 16.0 Å². The van der Waals surface area contributed by atoms with Crippen molar-refractivity contribution in [2.75, 3.05) is 31.5 Å². The number of nitrogens with one attached hydrogen (secondary N) is 3. The van der Waals surface area contributed by atoms with Gasteiger partial charge in [-0.3, -0.25) is 9.79 Å². The van der Waals surface area contributed by atoms with Crippen LogP contribution in [-0.4, -0.2) is 37.9 Å². The van der Waals surface area contributed by atoms with Gasteiger partial charge in [-0.2, -0.15) is 0 Å². The fourth-order valence-corrected chi connectivity index (χ4v) is 1.91. The number of hydrogen-bond donors (Lipinski definition) is 3. The van der Waals surface area contributed by atoms with E-state index >= 15 is 0 Å². The molecule has 2 rings (SSSR count). The van der Waals surface area contributed by atoms with Gasteiger partial charge in [0, 0.05) is 18.8 Å². The maximum absolute atomic E-state index is 12.0. The van der Waals surface area contributed by atoms with Gasteiger partial charge in [-0.25, -0.2) is 0 Å². The van der Waals surface area contributed by atoms with E-state index in [9.17, 15) is 4.79 Å². The third kappa shape index (κ3) is 4.42. The molecule has 1 aromatic rings. The number of aliphatic imine (C=N–C) groups is 1. The number of carbonyl (C=O) groups is 1. The number of anilines is 1. The molecule has 0 aliphatic carbocycles. The fourth-order valence-electron chi connectivity index (χ4n) is 1.91. The summed E-state index contributed by atoms with van der Waals surface area (Å²) in [7, 11) is 0. The van der Waals surface area contributed by atoms with Crippen LogP contribution in [0.3, 0.4) is 0 Å². The van der Waals surface area contributed by atoms with Crippen molar-refractivity contribution in [1.82, 2.24) is 10.6 Å². The van der Waals surface area contributed by atoms with E-state index in [-0.39, 0.29) is 18.3 Å². The normalized spacial score (nSPS) is 12.9. The largest absolute Gasteiger partial charge is 0.377 e. The van der Waals surface area contributed by atoms with Crippen LogP contribution >= 0.6 is 12.4 Å². The lowest BCUT2D eigenvalue weighted by Gasteiger charge is -2.12. The Labute approximate surface area is 125 Å². The van der Waals surface area contributed by atoms with Gasteiger partial charge < -0.3 is 16.0 Å². The Kier molecular flexibility index (Phi) is 6.87. The summed E-state index contributed by atoms with van der Waals surface area (Å²) in [5.74, 6) is 0.912. The van der Waals surface area contributed by atoms with Crippen LogP contribution in [0, 0.1) is 0 Å². The van der Waals surface area contributed by atoms with Crippen molar-refractivity contribution in [1.29, 1.82) is 0 Å². The Bertz CT molecular complexity index is 476. The molecule has 0 bridgehead atoms. The molecule has 0 fully saturated rings. The SMILES string of the molecule is CCCNC(=O)c1ccccc1NCC1=NCCN1.Cl. The van der Waals surface area contributed by atoms with E-state index in [4.69, 9.17) is 0 Å². The Hall–Kier alpha value is -1.75. The van der Waals surface area contributed by atoms with Crippen LogP contribution in [0.1, 0.15) is 23.7 Å². The molecular weight excluding hydrogens is 276 g/mol. The molecule has 1 aliphatic heterocycles. The lowest BCUT2D eigenvalue weighted by atomic mass is 10.1. The molecule has 20 heavy (non-hydrogen) atoms. The third-order valence-corrected chi connectivity index (χ3v) is 2.90. The Morgan fingerprint density at radius 3 is 2.90 bits per heavy atom. The molecule has 5 nitrogen and oxygen atoms in total. The average molecular weight is 297 g/mol. The highest BCUT2D eigenvalue weighted by atomic mass is 35.5. The van der Waals surface area contributed by atoms with Crippen molar-refractivity contribution in [2.45, 2.75) is 13.3 Å². The lowest BCUT2D eigenvalue weighted by Crippen LogP contribution is -2.28. The number of carbonyl (C=O) groups excluding carboxylic acids is 1. The van der Waals surface area contributed by atoms with Gasteiger partial charge in [0.25, 0.3) is 5.91 Å². The van der Waals surface area contributed by atoms with Crippen molar-refractivity contribution in [3.63, 3.8) is 0 Å². The summed E-state index contributed by atoms with van der Waals surface area (Å²) < 4.78 is 0. The number of benzene rings is 1. The maximum atomic E-state index is 12.0. The predicted molar refractivity (Wildman–Crippen MR) is 85.1 cm³/mol. The van der Waals surface area contributed by atoms with Crippen molar-refractivity contribution in [3.8, 4) is 0 Å². The second kappa shape index (κ2) is 8.43. The number of amidine groups is 1. The molecule has 0 radical (unpaired) electrons. The van der Waals surface area contributed by atoms with Gasteiger partial charge in [0.1, 0.15) is 5.84 Å². The minimum absolute atomic E-state index is 0. The number of nitrogens with zero attached hydrogens (tertiary/aromatic N) is 1. The highest BCUT2D eigenvalue weighted by molar-refractivity contribution is 6.00. The van der Waals surface area contributed by atoms with Crippen molar-refractivity contribution < 1.29 is 4.79 Å². The minimum Gasteiger partial charge on any atom is -0.377 e. The molecule has 110 valence electrons. The van der Waals surface area contributed by atoms with Crippen LogP contribution in [0.15, 0.2) is 29.3 Å². The van der Waals surface area contributed by atoms with Crippen LogP contribution in [0.5, 0.6) is 0 Å². The molecule has 1 aliphatic rings. The topological polar surface area (TPSA) is 65.5 Å². The summed E-state index contributed by atoms with van der Waals surface area (Å²) in [6.07, 6.45) is 0.933. The molecule has 1 amide bonds. The monoisotopic (exact) mass is 296 g/mol. The first-order chi connectivity index (χ1) is 9.31. The van der Waals surface area contributed by atoms with Crippen molar-refractivity contribution in [2.24, 2.45) is 4.99 Å². The molecule has 0 saturated heterocycles. The fraction of sp³-hybridized carbons (Fsp3) is 0.429. The van der Waals surface area contributed by atoms with Crippen LogP contribution in [0.2, 0.25) is 0 Å². The summed E-state index contributed by atoms with van der Waals surface area (Å²) in [6.45, 7) is 5.08. The van der Waals surface area contributed by atoms with Gasteiger partial charge in [-0.15, -0.1) is 12.4 Å². The summed E-state index contributed by atoms with van der Waals surface area (Å²) in [6, 6.07) is 7.54. The zero-order chi connectivity index (χ0) is 13.5. The van der Waals surface area contributed by atoms with Gasteiger partial charge in [0.15, 0.2) is 0 Å². The van der Waals surface area contributed by atoms with E-state index in [1.807, 2.05) is 31.2 Å². The Morgan fingerprint density at radius 2 is 2.20 bits per heavy atom. The molecule has 6 heteroatoms. The number of halogens is 1. The van der Waals surface area contributed by atoms with Crippen LogP contribution in [-0.2, 0) is 0 Å². The highest BCUT2D eigenvalue weighted by Crippen LogP contribution is 2.14. The number of rotatable bonds is 6. The standard InChI is InChI=1S/C14H20N4O.ClH/c1-2-7-17-14(19)11-5-3-4-6-12(11)18-10-13-15-8-9-16-13;/h3-6,18H,2,7-10H2,1H3,(H,15,16)(H,17,19);1H. The second-order valence-electron chi connectivity index (χ2n) is 4.41. The molecule has 3 N–H and O–H groups in total. The van der Waals surface area contributed by atoms with E-state index in [1.165, 1.54) is 0 Å². The molecule has 1 aromatic carbocycles. The summed E-state index contributed by atoms with van der Waals surface area (Å²) in [5.41, 5.74) is 1.52. The summed E-state index contributed by atoms with van der Waals surface area (Å²) in [5, 5.41) is 9.35. The van der Waals surface area contributed by atoms with Crippen molar-refractivity contribution >= 4 is 29.8 Å². The zero-order valence-corrected chi connectivity index (χ0v) is 12.4. The number of amides is 1. The van der Waals surface area contributed by atoms with E-state index in [2.05, 4.69) is 20.9 Å². The highest BCUT2D eigenvalue weighted by Gasteiger charge is 2.11. The molecule has 0 unspecified atom stereocenters. The van der Waals surface area contributed by atoms with Crippen molar-refractivity contribution in [3.05, 3.63) is 29.8 Å². The Balaban J connectivity index is 0.00000200. The number of para-hydroxylation sites is 1. The average Bonchev–Trinajstić information content (AvgIpc) is 2.96. The second-order valence-corrected chi connectivity index (χ2v) is 4.41. The van der Waals surface area contributed by atoms with Gasteiger partial charge >= 0.3 is 0 Å². The molecule has 1 heterocycles. The molecular formula is C14H21ClN4O. The van der Waals surface area contributed by atoms with E-state index in [1.54, 1.807) is 0 Å². The third-order valence-electron chi connectivity index (χ3n) is 2.90. The minimum atomic E-state index is -0.0359. The zero-order valence-electron chi connectivity index (χ0n) is 11.6. The van der Waals surface area contributed by atoms with E-state index in [0.717, 1.165) is 31.0 Å². The lowest BCUT2D eigenvalue weighted by molar-refractivity contribution is 0.0954. The van der Waals surface area contributed by atoms with Crippen LogP contribution in [0.4, 0.5) is 5.69 Å². The van der Waals surface area contributed by atoms with E-state index in [0.29, 0.717) is 18.7 Å². The van der Waals surface area contributed by atoms with Gasteiger partial charge in [-0.05, 0) is 18.6 Å². The van der Waals surface area contributed by atoms with Gasteiger partial charge in [0.2, 0.25) is 0 Å². The first kappa shape index (κ1) is 16.3. The number of hydrogen-bond acceptors (Lipinski definition) is 4. The smallest absolute Gasteiger partial charge is 0.253 e. The van der Waals surface area contributed by atoms with Gasteiger partial charge in [0.05, 0.1) is 18.7 Å².